The molecular formula is C14H21N. The minimum absolute atomic E-state index is 0.182. The monoisotopic (exact) mass is 203 g/mol. The number of pyridine rings is 1. The summed E-state index contributed by atoms with van der Waals surface area (Å²) in [5.74, 6) is 0. The summed E-state index contributed by atoms with van der Waals surface area (Å²) in [6, 6.07) is 4.51. The Kier molecular flexibility index (Phi) is 2.81. The molecule has 1 heteroatoms. The molecule has 1 aliphatic rings. The van der Waals surface area contributed by atoms with Crippen molar-refractivity contribution in [1.29, 1.82) is 0 Å². The lowest BCUT2D eigenvalue weighted by Crippen LogP contribution is -2.15. The normalized spacial score (nSPS) is 17.0. The summed E-state index contributed by atoms with van der Waals surface area (Å²) in [6.45, 7) is 6.70. The Morgan fingerprint density at radius 3 is 2.47 bits per heavy atom. The zero-order valence-electron chi connectivity index (χ0n) is 10.1. The van der Waals surface area contributed by atoms with Crippen molar-refractivity contribution in [2.75, 3.05) is 0 Å². The van der Waals surface area contributed by atoms with Crippen LogP contribution in [0.5, 0.6) is 0 Å². The van der Waals surface area contributed by atoms with Crippen LogP contribution in [-0.2, 0) is 18.3 Å². The fourth-order valence-electron chi connectivity index (χ4n) is 2.18. The molecule has 0 aliphatic heterocycles. The van der Waals surface area contributed by atoms with Gasteiger partial charge in [-0.3, -0.25) is 4.98 Å². The van der Waals surface area contributed by atoms with Crippen LogP contribution in [0.25, 0.3) is 0 Å². The van der Waals surface area contributed by atoms with E-state index in [1.165, 1.54) is 49.1 Å². The van der Waals surface area contributed by atoms with Crippen LogP contribution in [0.2, 0.25) is 0 Å². The van der Waals surface area contributed by atoms with Gasteiger partial charge in [-0.25, -0.2) is 0 Å². The second-order valence-corrected chi connectivity index (χ2v) is 5.61. The fourth-order valence-corrected chi connectivity index (χ4v) is 2.18. The molecule has 15 heavy (non-hydrogen) atoms. The van der Waals surface area contributed by atoms with Crippen molar-refractivity contribution in [1.82, 2.24) is 4.98 Å². The number of aryl methyl sites for hydroxylation is 2. The number of hydrogen-bond acceptors (Lipinski definition) is 1. The molecule has 1 nitrogen and oxygen atoms in total. The average Bonchev–Trinajstić information content (AvgIpc) is 2.39. The largest absolute Gasteiger partial charge is 0.257 e. The zero-order valence-corrected chi connectivity index (χ0v) is 10.1. The Balaban J connectivity index is 2.36. The van der Waals surface area contributed by atoms with E-state index in [1.54, 1.807) is 0 Å². The standard InChI is InChI=1S/C14H21N/c1-14(2,3)13-10-9-11-7-5-4-6-8-12(11)15-13/h9-10H,4-8H2,1-3H3. The SMILES string of the molecule is CC(C)(C)c1ccc2c(n1)CCCCC2. The summed E-state index contributed by atoms with van der Waals surface area (Å²) >= 11 is 0. The van der Waals surface area contributed by atoms with E-state index in [0.717, 1.165) is 0 Å². The molecule has 0 bridgehead atoms. The number of rotatable bonds is 0. The lowest BCUT2D eigenvalue weighted by atomic mass is 9.90. The summed E-state index contributed by atoms with van der Waals surface area (Å²) in [5, 5.41) is 0. The average molecular weight is 203 g/mol. The molecular weight excluding hydrogens is 182 g/mol. The van der Waals surface area contributed by atoms with E-state index < -0.39 is 0 Å². The smallest absolute Gasteiger partial charge is 0.0460 e. The molecule has 1 aliphatic carbocycles. The maximum atomic E-state index is 4.84. The lowest BCUT2D eigenvalue weighted by Gasteiger charge is -2.19. The van der Waals surface area contributed by atoms with E-state index in [0.29, 0.717) is 0 Å². The van der Waals surface area contributed by atoms with Gasteiger partial charge in [0.05, 0.1) is 0 Å². The van der Waals surface area contributed by atoms with Gasteiger partial charge in [0.25, 0.3) is 0 Å². The van der Waals surface area contributed by atoms with Gasteiger partial charge in [0.1, 0.15) is 0 Å². The van der Waals surface area contributed by atoms with Crippen LogP contribution in [0.4, 0.5) is 0 Å². The maximum absolute atomic E-state index is 4.84. The van der Waals surface area contributed by atoms with Gasteiger partial charge >= 0.3 is 0 Å². The van der Waals surface area contributed by atoms with Crippen LogP contribution in [-0.4, -0.2) is 4.98 Å². The van der Waals surface area contributed by atoms with Crippen molar-refractivity contribution in [3.8, 4) is 0 Å². The predicted octanol–water partition coefficient (Wildman–Crippen LogP) is 3.65. The third-order valence-corrected chi connectivity index (χ3v) is 3.20. The highest BCUT2D eigenvalue weighted by molar-refractivity contribution is 5.27. The molecule has 0 spiro atoms. The highest BCUT2D eigenvalue weighted by atomic mass is 14.7. The highest BCUT2D eigenvalue weighted by Gasteiger charge is 2.17. The Bertz CT molecular complexity index is 347. The molecule has 0 amide bonds. The van der Waals surface area contributed by atoms with Gasteiger partial charge in [0, 0.05) is 16.8 Å². The minimum Gasteiger partial charge on any atom is -0.257 e. The maximum Gasteiger partial charge on any atom is 0.0460 e. The molecule has 1 heterocycles. The van der Waals surface area contributed by atoms with Crippen LogP contribution in [0.1, 0.15) is 57.0 Å². The molecule has 82 valence electrons. The second-order valence-electron chi connectivity index (χ2n) is 5.61. The van der Waals surface area contributed by atoms with Crippen LogP contribution >= 0.6 is 0 Å². The summed E-state index contributed by atoms with van der Waals surface area (Å²) in [6.07, 6.45) is 6.42. The van der Waals surface area contributed by atoms with E-state index in [9.17, 15) is 0 Å². The molecule has 2 rings (SSSR count). The second kappa shape index (κ2) is 3.96. The predicted molar refractivity (Wildman–Crippen MR) is 64.2 cm³/mol. The van der Waals surface area contributed by atoms with Crippen LogP contribution in [0.15, 0.2) is 12.1 Å². The van der Waals surface area contributed by atoms with Gasteiger partial charge < -0.3 is 0 Å². The first kappa shape index (κ1) is 10.7. The Morgan fingerprint density at radius 1 is 1.00 bits per heavy atom. The van der Waals surface area contributed by atoms with Gasteiger partial charge in [0.15, 0.2) is 0 Å². The molecule has 0 radical (unpaired) electrons. The van der Waals surface area contributed by atoms with Crippen molar-refractivity contribution in [2.24, 2.45) is 0 Å². The van der Waals surface area contributed by atoms with Gasteiger partial charge in [-0.05, 0) is 37.3 Å². The number of fused-ring (bicyclic) bond motifs is 1. The molecule has 1 aromatic rings. The molecule has 0 atom stereocenters. The Labute approximate surface area is 92.9 Å². The summed E-state index contributed by atoms with van der Waals surface area (Å²) in [4.78, 5) is 4.84. The molecule has 0 N–H and O–H groups in total. The number of hydrogen-bond donors (Lipinski definition) is 0. The Hall–Kier alpha value is -0.850. The van der Waals surface area contributed by atoms with E-state index in [1.807, 2.05) is 0 Å². The summed E-state index contributed by atoms with van der Waals surface area (Å²) in [7, 11) is 0. The zero-order chi connectivity index (χ0) is 10.9. The lowest BCUT2D eigenvalue weighted by molar-refractivity contribution is 0.564. The molecule has 0 fully saturated rings. The molecule has 0 unspecified atom stereocenters. The fraction of sp³-hybridized carbons (Fsp3) is 0.643. The van der Waals surface area contributed by atoms with Crippen molar-refractivity contribution < 1.29 is 0 Å². The van der Waals surface area contributed by atoms with E-state index >= 15 is 0 Å². The van der Waals surface area contributed by atoms with E-state index in [4.69, 9.17) is 4.98 Å². The van der Waals surface area contributed by atoms with Gasteiger partial charge in [0.2, 0.25) is 0 Å². The molecule has 0 aromatic carbocycles. The van der Waals surface area contributed by atoms with Crippen LogP contribution < -0.4 is 0 Å². The van der Waals surface area contributed by atoms with Crippen LogP contribution in [0, 0.1) is 0 Å². The van der Waals surface area contributed by atoms with Crippen molar-refractivity contribution >= 4 is 0 Å². The highest BCUT2D eigenvalue weighted by Crippen LogP contribution is 2.24. The first-order valence-electron chi connectivity index (χ1n) is 6.07. The third-order valence-electron chi connectivity index (χ3n) is 3.20. The number of nitrogens with zero attached hydrogens (tertiary/aromatic N) is 1. The summed E-state index contributed by atoms with van der Waals surface area (Å²) in [5.41, 5.74) is 4.27. The topological polar surface area (TPSA) is 12.9 Å². The van der Waals surface area contributed by atoms with Crippen molar-refractivity contribution in [3.63, 3.8) is 0 Å². The van der Waals surface area contributed by atoms with Crippen molar-refractivity contribution in [3.05, 3.63) is 29.1 Å². The van der Waals surface area contributed by atoms with Gasteiger partial charge in [-0.2, -0.15) is 0 Å². The molecule has 1 aromatic heterocycles. The number of aromatic nitrogens is 1. The molecule has 0 saturated heterocycles. The molecule has 0 saturated carbocycles. The van der Waals surface area contributed by atoms with E-state index in [2.05, 4.69) is 32.9 Å². The van der Waals surface area contributed by atoms with Crippen LogP contribution in [0.3, 0.4) is 0 Å². The Morgan fingerprint density at radius 2 is 1.73 bits per heavy atom. The van der Waals surface area contributed by atoms with Gasteiger partial charge in [-0.15, -0.1) is 0 Å². The minimum atomic E-state index is 0.182. The quantitative estimate of drug-likeness (QED) is 0.586. The van der Waals surface area contributed by atoms with Gasteiger partial charge in [-0.1, -0.05) is 33.3 Å². The first-order valence-corrected chi connectivity index (χ1v) is 6.07. The van der Waals surface area contributed by atoms with E-state index in [-0.39, 0.29) is 5.41 Å². The summed E-state index contributed by atoms with van der Waals surface area (Å²) < 4.78 is 0. The van der Waals surface area contributed by atoms with Crippen molar-refractivity contribution in [2.45, 2.75) is 58.3 Å². The third kappa shape index (κ3) is 2.39. The first-order chi connectivity index (χ1) is 7.07.